The fourth-order valence-corrected chi connectivity index (χ4v) is 1.33. The third-order valence-corrected chi connectivity index (χ3v) is 2.27. The van der Waals surface area contributed by atoms with Crippen LogP contribution >= 0.6 is 0 Å². The van der Waals surface area contributed by atoms with E-state index < -0.39 is 13.1 Å². The highest BCUT2D eigenvalue weighted by molar-refractivity contribution is 6.43. The van der Waals surface area contributed by atoms with Crippen LogP contribution in [0.5, 0.6) is 0 Å². The highest BCUT2D eigenvalue weighted by Gasteiger charge is 2.38. The smallest absolute Gasteiger partial charge is 0.426 e. The predicted octanol–water partition coefficient (Wildman–Crippen LogP) is -2.77. The van der Waals surface area contributed by atoms with Gasteiger partial charge in [-0.3, -0.25) is 4.79 Å². The average molecular weight is 173 g/mol. The van der Waals surface area contributed by atoms with E-state index in [9.17, 15) is 4.79 Å². The molecule has 1 saturated heterocycles. The Morgan fingerprint density at radius 1 is 1.75 bits per heavy atom. The van der Waals surface area contributed by atoms with Crippen LogP contribution in [-0.4, -0.2) is 46.5 Å². The summed E-state index contributed by atoms with van der Waals surface area (Å²) in [7, 11) is -1.46. The minimum absolute atomic E-state index is 0.0874. The molecular weight excluding hydrogens is 159 g/mol. The Hall–Kier alpha value is -0.585. The second-order valence-electron chi connectivity index (χ2n) is 3.17. The molecule has 5 N–H and O–H groups in total. The first kappa shape index (κ1) is 9.50. The molecule has 68 valence electrons. The van der Waals surface area contributed by atoms with Crippen molar-refractivity contribution >= 4 is 13.0 Å². The molecule has 1 aliphatic rings. The molecule has 0 aliphatic carbocycles. The standard InChI is InChI=1S/C6H13BN2O3/c1-4(7(11)12)9-3-2-5(8)6(9)10/h4-5,11-12H,2-3,8H2,1H3/p+1. The van der Waals surface area contributed by atoms with Crippen LogP contribution in [0.3, 0.4) is 0 Å². The molecule has 6 heteroatoms. The Balaban J connectivity index is 2.59. The molecule has 1 heterocycles. The van der Waals surface area contributed by atoms with Crippen LogP contribution in [0.4, 0.5) is 0 Å². The fraction of sp³-hybridized carbons (Fsp3) is 0.833. The molecule has 5 nitrogen and oxygen atoms in total. The Morgan fingerprint density at radius 2 is 2.33 bits per heavy atom. The third-order valence-electron chi connectivity index (χ3n) is 2.27. The number of nitrogens with zero attached hydrogens (tertiary/aromatic N) is 1. The van der Waals surface area contributed by atoms with E-state index >= 15 is 0 Å². The Labute approximate surface area is 71.3 Å². The highest BCUT2D eigenvalue weighted by Crippen LogP contribution is 2.12. The topological polar surface area (TPSA) is 88.4 Å². The number of carbonyl (C=O) groups excluding carboxylic acids is 1. The number of likely N-dealkylation sites (tertiary alicyclic amines) is 1. The summed E-state index contributed by atoms with van der Waals surface area (Å²) >= 11 is 0. The van der Waals surface area contributed by atoms with Crippen LogP contribution in [0.15, 0.2) is 0 Å². The molecule has 0 aromatic carbocycles. The van der Waals surface area contributed by atoms with Gasteiger partial charge >= 0.3 is 7.12 Å². The first-order chi connectivity index (χ1) is 5.54. The Kier molecular flexibility index (Phi) is 2.71. The SMILES string of the molecule is CC(B(O)O)N1CCC([NH3+])C1=O. The van der Waals surface area contributed by atoms with E-state index in [2.05, 4.69) is 5.73 Å². The van der Waals surface area contributed by atoms with Gasteiger partial charge < -0.3 is 20.7 Å². The maximum absolute atomic E-state index is 11.3. The molecule has 0 spiro atoms. The largest absolute Gasteiger partial charge is 0.475 e. The number of hydrogen-bond acceptors (Lipinski definition) is 3. The molecule has 0 saturated carbocycles. The molecule has 2 unspecified atom stereocenters. The second kappa shape index (κ2) is 3.43. The van der Waals surface area contributed by atoms with Gasteiger partial charge in [-0.15, -0.1) is 0 Å². The summed E-state index contributed by atoms with van der Waals surface area (Å²) in [4.78, 5) is 12.8. The van der Waals surface area contributed by atoms with Gasteiger partial charge in [0.1, 0.15) is 0 Å². The first-order valence-corrected chi connectivity index (χ1v) is 4.03. The molecule has 0 aromatic heterocycles. The zero-order chi connectivity index (χ0) is 9.30. The van der Waals surface area contributed by atoms with E-state index in [4.69, 9.17) is 10.0 Å². The zero-order valence-electron chi connectivity index (χ0n) is 7.10. The predicted molar refractivity (Wildman–Crippen MR) is 42.7 cm³/mol. The lowest BCUT2D eigenvalue weighted by molar-refractivity contribution is -0.401. The maximum Gasteiger partial charge on any atom is 0.475 e. The van der Waals surface area contributed by atoms with Crippen LogP contribution in [0.2, 0.25) is 0 Å². The molecule has 1 fully saturated rings. The minimum atomic E-state index is -1.46. The quantitative estimate of drug-likeness (QED) is 0.395. The lowest BCUT2D eigenvalue weighted by Gasteiger charge is -2.22. The molecular formula is C6H14BN2O3+. The van der Waals surface area contributed by atoms with Crippen LogP contribution in [0, 0.1) is 0 Å². The van der Waals surface area contributed by atoms with Crippen LogP contribution in [0.1, 0.15) is 13.3 Å². The molecule has 1 amide bonds. The normalized spacial score (nSPS) is 26.2. The minimum Gasteiger partial charge on any atom is -0.426 e. The van der Waals surface area contributed by atoms with Crippen molar-refractivity contribution in [2.24, 2.45) is 0 Å². The van der Waals surface area contributed by atoms with E-state index in [-0.39, 0.29) is 11.9 Å². The number of carbonyl (C=O) groups is 1. The summed E-state index contributed by atoms with van der Waals surface area (Å²) in [5, 5.41) is 17.7. The monoisotopic (exact) mass is 173 g/mol. The first-order valence-electron chi connectivity index (χ1n) is 4.03. The van der Waals surface area contributed by atoms with E-state index in [1.165, 1.54) is 4.90 Å². The van der Waals surface area contributed by atoms with Gasteiger partial charge in [0.05, 0.1) is 5.94 Å². The van der Waals surface area contributed by atoms with Crippen LogP contribution in [0.25, 0.3) is 0 Å². The number of hydrogen-bond donors (Lipinski definition) is 3. The van der Waals surface area contributed by atoms with Crippen molar-refractivity contribution in [2.45, 2.75) is 25.3 Å². The summed E-state index contributed by atoms with van der Waals surface area (Å²) in [6.07, 6.45) is 0.704. The molecule has 0 aromatic rings. The summed E-state index contributed by atoms with van der Waals surface area (Å²) < 4.78 is 0. The van der Waals surface area contributed by atoms with Crippen molar-refractivity contribution in [2.75, 3.05) is 6.54 Å². The van der Waals surface area contributed by atoms with Gasteiger partial charge in [0, 0.05) is 13.0 Å². The Morgan fingerprint density at radius 3 is 2.67 bits per heavy atom. The van der Waals surface area contributed by atoms with Gasteiger partial charge in [-0.1, -0.05) is 0 Å². The summed E-state index contributed by atoms with van der Waals surface area (Å²) in [5.41, 5.74) is 3.66. The lowest BCUT2D eigenvalue weighted by atomic mass is 9.80. The highest BCUT2D eigenvalue weighted by atomic mass is 16.4. The molecule has 1 aliphatic heterocycles. The van der Waals surface area contributed by atoms with Crippen molar-refractivity contribution in [3.05, 3.63) is 0 Å². The maximum atomic E-state index is 11.3. The molecule has 1 rings (SSSR count). The van der Waals surface area contributed by atoms with E-state index in [0.717, 1.165) is 0 Å². The van der Waals surface area contributed by atoms with Crippen molar-refractivity contribution in [1.29, 1.82) is 0 Å². The molecule has 0 radical (unpaired) electrons. The van der Waals surface area contributed by atoms with Crippen molar-refractivity contribution < 1.29 is 20.6 Å². The van der Waals surface area contributed by atoms with Crippen molar-refractivity contribution in [3.63, 3.8) is 0 Å². The third kappa shape index (κ3) is 1.60. The van der Waals surface area contributed by atoms with Gasteiger partial charge in [-0.05, 0) is 6.92 Å². The summed E-state index contributed by atoms with van der Waals surface area (Å²) in [5.74, 6) is -0.611. The van der Waals surface area contributed by atoms with Crippen LogP contribution in [-0.2, 0) is 4.79 Å². The van der Waals surface area contributed by atoms with Gasteiger partial charge in [0.2, 0.25) is 0 Å². The van der Waals surface area contributed by atoms with Gasteiger partial charge in [-0.25, -0.2) is 0 Å². The molecule has 12 heavy (non-hydrogen) atoms. The number of rotatable bonds is 2. The van der Waals surface area contributed by atoms with Crippen molar-refractivity contribution in [1.82, 2.24) is 4.90 Å². The van der Waals surface area contributed by atoms with Gasteiger partial charge in [0.15, 0.2) is 6.04 Å². The number of quaternary nitrogens is 1. The summed E-state index contributed by atoms with van der Waals surface area (Å²) in [6, 6.07) is -0.216. The van der Waals surface area contributed by atoms with E-state index in [0.29, 0.717) is 13.0 Å². The summed E-state index contributed by atoms with van der Waals surface area (Å²) in [6.45, 7) is 2.19. The van der Waals surface area contributed by atoms with Gasteiger partial charge in [0.25, 0.3) is 5.91 Å². The second-order valence-corrected chi connectivity index (χ2v) is 3.17. The average Bonchev–Trinajstić information content (AvgIpc) is 2.32. The van der Waals surface area contributed by atoms with E-state index in [1.54, 1.807) is 6.92 Å². The van der Waals surface area contributed by atoms with E-state index in [1.807, 2.05) is 0 Å². The lowest BCUT2D eigenvalue weighted by Crippen LogP contribution is -2.65. The zero-order valence-corrected chi connectivity index (χ0v) is 7.10. The Bertz CT molecular complexity index is 188. The number of amides is 1. The van der Waals surface area contributed by atoms with Gasteiger partial charge in [-0.2, -0.15) is 0 Å². The molecule has 0 bridgehead atoms. The van der Waals surface area contributed by atoms with Crippen molar-refractivity contribution in [3.8, 4) is 0 Å². The molecule has 2 atom stereocenters. The van der Waals surface area contributed by atoms with Crippen LogP contribution < -0.4 is 5.73 Å². The fourth-order valence-electron chi connectivity index (χ4n) is 1.33.